The van der Waals surface area contributed by atoms with Gasteiger partial charge in [-0.2, -0.15) is 5.26 Å². The zero-order chi connectivity index (χ0) is 8.81. The van der Waals surface area contributed by atoms with E-state index in [4.69, 9.17) is 10.00 Å². The van der Waals surface area contributed by atoms with E-state index in [9.17, 15) is 4.79 Å². The van der Waals surface area contributed by atoms with Crippen molar-refractivity contribution in [3.05, 3.63) is 0 Å². The highest BCUT2D eigenvalue weighted by atomic mass is 16.5. The Morgan fingerprint density at radius 1 is 1.58 bits per heavy atom. The van der Waals surface area contributed by atoms with Crippen molar-refractivity contribution in [2.45, 2.75) is 12.8 Å². The second-order valence-corrected chi connectivity index (χ2v) is 2.65. The van der Waals surface area contributed by atoms with Crippen LogP contribution in [0, 0.1) is 11.3 Å². The number of nitrogens with zero attached hydrogens (tertiary/aromatic N) is 2. The second-order valence-electron chi connectivity index (χ2n) is 2.65. The molecule has 1 heterocycles. The van der Waals surface area contributed by atoms with Gasteiger partial charge in [-0.05, 0) is 0 Å². The zero-order valence-corrected chi connectivity index (χ0v) is 6.95. The van der Waals surface area contributed by atoms with Gasteiger partial charge < -0.3 is 9.64 Å². The highest BCUT2D eigenvalue weighted by Crippen LogP contribution is 2.01. The first-order valence-corrected chi connectivity index (χ1v) is 4.07. The molecule has 0 aromatic carbocycles. The topological polar surface area (TPSA) is 53.3 Å². The summed E-state index contributed by atoms with van der Waals surface area (Å²) in [6.45, 7) is 2.28. The summed E-state index contributed by atoms with van der Waals surface area (Å²) in [7, 11) is 0. The number of ether oxygens (including phenoxy) is 1. The van der Waals surface area contributed by atoms with E-state index in [1.807, 2.05) is 6.07 Å². The Kier molecular flexibility index (Phi) is 3.55. The summed E-state index contributed by atoms with van der Waals surface area (Å²) < 4.78 is 5.13. The van der Waals surface area contributed by atoms with Gasteiger partial charge in [-0.3, -0.25) is 4.79 Å². The normalized spacial score (nSPS) is 18.6. The predicted molar refractivity (Wildman–Crippen MR) is 42.2 cm³/mol. The van der Waals surface area contributed by atoms with Crippen LogP contribution in [0.15, 0.2) is 0 Å². The van der Waals surface area contributed by atoms with Gasteiger partial charge in [0, 0.05) is 13.1 Å². The molecule has 0 N–H and O–H groups in total. The van der Waals surface area contributed by atoms with E-state index in [0.29, 0.717) is 39.1 Å². The molecule has 0 atom stereocenters. The summed E-state index contributed by atoms with van der Waals surface area (Å²) in [4.78, 5) is 12.9. The lowest BCUT2D eigenvalue weighted by molar-refractivity contribution is -0.130. The van der Waals surface area contributed by atoms with Crippen LogP contribution < -0.4 is 0 Å². The number of carbonyl (C=O) groups excluding carboxylic acids is 1. The Morgan fingerprint density at radius 3 is 3.17 bits per heavy atom. The van der Waals surface area contributed by atoms with E-state index in [1.54, 1.807) is 4.90 Å². The number of hydrogen-bond acceptors (Lipinski definition) is 3. The molecular formula is C8H12N2O2. The summed E-state index contributed by atoms with van der Waals surface area (Å²) in [5.41, 5.74) is 0. The highest BCUT2D eigenvalue weighted by molar-refractivity contribution is 5.76. The lowest BCUT2D eigenvalue weighted by Gasteiger charge is -2.17. The van der Waals surface area contributed by atoms with Crippen molar-refractivity contribution in [3.63, 3.8) is 0 Å². The van der Waals surface area contributed by atoms with E-state index in [1.165, 1.54) is 0 Å². The molecule has 0 spiro atoms. The van der Waals surface area contributed by atoms with Crippen LogP contribution >= 0.6 is 0 Å². The summed E-state index contributed by atoms with van der Waals surface area (Å²) >= 11 is 0. The second kappa shape index (κ2) is 4.73. The lowest BCUT2D eigenvalue weighted by atomic mass is 10.3. The summed E-state index contributed by atoms with van der Waals surface area (Å²) in [5.74, 6) is 0.0998. The Labute approximate surface area is 71.7 Å². The van der Waals surface area contributed by atoms with Crippen LogP contribution in [0.25, 0.3) is 0 Å². The number of carbonyl (C=O) groups is 1. The standard InChI is InChI=1S/C8H12N2O2/c9-3-1-4-10-5-7-12-6-2-8(10)11/h1-2,4-7H2. The van der Waals surface area contributed by atoms with Crippen LogP contribution in [0.4, 0.5) is 0 Å². The van der Waals surface area contributed by atoms with Gasteiger partial charge in [-0.25, -0.2) is 0 Å². The molecule has 0 saturated carbocycles. The van der Waals surface area contributed by atoms with Crippen molar-refractivity contribution in [1.29, 1.82) is 5.26 Å². The first-order chi connectivity index (χ1) is 5.84. The summed E-state index contributed by atoms with van der Waals surface area (Å²) in [5, 5.41) is 8.33. The minimum Gasteiger partial charge on any atom is -0.379 e. The molecule has 0 aromatic heterocycles. The van der Waals surface area contributed by atoms with E-state index < -0.39 is 0 Å². The van der Waals surface area contributed by atoms with Crippen molar-refractivity contribution in [2.75, 3.05) is 26.3 Å². The van der Waals surface area contributed by atoms with E-state index in [2.05, 4.69) is 0 Å². The molecule has 12 heavy (non-hydrogen) atoms. The van der Waals surface area contributed by atoms with Gasteiger partial charge in [0.25, 0.3) is 0 Å². The van der Waals surface area contributed by atoms with Crippen LogP contribution in [0.5, 0.6) is 0 Å². The number of nitriles is 1. The van der Waals surface area contributed by atoms with E-state index in [-0.39, 0.29) is 5.91 Å². The summed E-state index contributed by atoms with van der Waals surface area (Å²) in [6.07, 6.45) is 0.858. The minimum atomic E-state index is 0.0998. The quantitative estimate of drug-likeness (QED) is 0.589. The van der Waals surface area contributed by atoms with Gasteiger partial charge in [0.15, 0.2) is 0 Å². The molecule has 0 bridgehead atoms. The third-order valence-electron chi connectivity index (χ3n) is 1.81. The molecule has 1 fully saturated rings. The van der Waals surface area contributed by atoms with Crippen LogP contribution in [-0.4, -0.2) is 37.1 Å². The minimum absolute atomic E-state index is 0.0998. The first kappa shape index (κ1) is 9.01. The van der Waals surface area contributed by atoms with Crippen molar-refractivity contribution in [2.24, 2.45) is 0 Å². The number of rotatable bonds is 2. The van der Waals surface area contributed by atoms with Crippen molar-refractivity contribution in [1.82, 2.24) is 4.90 Å². The first-order valence-electron chi connectivity index (χ1n) is 4.07. The Bertz CT molecular complexity index is 198. The van der Waals surface area contributed by atoms with E-state index in [0.717, 1.165) is 0 Å². The van der Waals surface area contributed by atoms with Gasteiger partial charge in [-0.1, -0.05) is 0 Å². The highest BCUT2D eigenvalue weighted by Gasteiger charge is 2.15. The molecule has 66 valence electrons. The molecule has 0 radical (unpaired) electrons. The van der Waals surface area contributed by atoms with Crippen molar-refractivity contribution >= 4 is 5.91 Å². The van der Waals surface area contributed by atoms with Gasteiger partial charge >= 0.3 is 0 Å². The monoisotopic (exact) mass is 168 g/mol. The van der Waals surface area contributed by atoms with Crippen molar-refractivity contribution in [3.8, 4) is 6.07 Å². The van der Waals surface area contributed by atoms with Gasteiger partial charge in [0.1, 0.15) is 0 Å². The third kappa shape index (κ3) is 2.51. The average Bonchev–Trinajstić information content (AvgIpc) is 2.27. The predicted octanol–water partition coefficient (Wildman–Crippen LogP) is 0.149. The maximum Gasteiger partial charge on any atom is 0.224 e. The molecule has 0 unspecified atom stereocenters. The Morgan fingerprint density at radius 2 is 2.42 bits per heavy atom. The van der Waals surface area contributed by atoms with Crippen LogP contribution in [0.1, 0.15) is 12.8 Å². The molecular weight excluding hydrogens is 156 g/mol. The summed E-state index contributed by atoms with van der Waals surface area (Å²) in [6, 6.07) is 2.02. The zero-order valence-electron chi connectivity index (χ0n) is 6.95. The molecule has 4 heteroatoms. The molecule has 1 rings (SSSR count). The third-order valence-corrected chi connectivity index (χ3v) is 1.81. The molecule has 0 aliphatic carbocycles. The largest absolute Gasteiger partial charge is 0.379 e. The number of hydrogen-bond donors (Lipinski definition) is 0. The van der Waals surface area contributed by atoms with Crippen LogP contribution in [0.2, 0.25) is 0 Å². The molecule has 0 aromatic rings. The van der Waals surface area contributed by atoms with Gasteiger partial charge in [-0.15, -0.1) is 0 Å². The van der Waals surface area contributed by atoms with Gasteiger partial charge in [0.05, 0.1) is 32.1 Å². The molecule has 1 saturated heterocycles. The smallest absolute Gasteiger partial charge is 0.224 e. The average molecular weight is 168 g/mol. The van der Waals surface area contributed by atoms with E-state index >= 15 is 0 Å². The molecule has 4 nitrogen and oxygen atoms in total. The Balaban J connectivity index is 2.38. The fraction of sp³-hybridized carbons (Fsp3) is 0.750. The maximum atomic E-state index is 11.3. The maximum absolute atomic E-state index is 11.3. The fourth-order valence-electron chi connectivity index (χ4n) is 1.14. The van der Waals surface area contributed by atoms with Crippen LogP contribution in [0.3, 0.4) is 0 Å². The van der Waals surface area contributed by atoms with Gasteiger partial charge in [0.2, 0.25) is 5.91 Å². The SMILES string of the molecule is N#CCCN1CCOCCC1=O. The Hall–Kier alpha value is -1.08. The van der Waals surface area contributed by atoms with Crippen molar-refractivity contribution < 1.29 is 9.53 Å². The lowest BCUT2D eigenvalue weighted by Crippen LogP contribution is -2.32. The fourth-order valence-corrected chi connectivity index (χ4v) is 1.14. The number of amides is 1. The molecule has 1 amide bonds. The molecule has 1 aliphatic heterocycles. The van der Waals surface area contributed by atoms with Crippen LogP contribution in [-0.2, 0) is 9.53 Å². The molecule has 1 aliphatic rings.